The number of hydrogen-bond donors (Lipinski definition) is 0. The lowest BCUT2D eigenvalue weighted by molar-refractivity contribution is 0.0203. The van der Waals surface area contributed by atoms with Crippen LogP contribution in [-0.4, -0.2) is 52.9 Å². The number of amides is 1. The predicted octanol–water partition coefficient (Wildman–Crippen LogP) is 3.55. The number of pyridine rings is 1. The molecule has 2 fully saturated rings. The number of piperidine rings is 1. The standard InChI is InChI=1S/C23H26N4O/c1-16-11-17(2)25-22(21(16)13-24)18-7-6-8-19(12-18)23(28)27-14-20(15-27)26-9-4-3-5-10-26/h6-8,11-12,20H,3-5,9-10,14-15H2,1-2H3. The molecule has 2 aliphatic rings. The summed E-state index contributed by atoms with van der Waals surface area (Å²) in [4.78, 5) is 22.0. The lowest BCUT2D eigenvalue weighted by Gasteiger charge is -2.46. The van der Waals surface area contributed by atoms with Crippen molar-refractivity contribution < 1.29 is 4.79 Å². The van der Waals surface area contributed by atoms with Crippen LogP contribution < -0.4 is 0 Å². The van der Waals surface area contributed by atoms with Gasteiger partial charge in [0, 0.05) is 36.0 Å². The second-order valence-corrected chi connectivity index (χ2v) is 7.96. The largest absolute Gasteiger partial charge is 0.335 e. The number of carbonyl (C=O) groups excluding carboxylic acids is 1. The van der Waals surface area contributed by atoms with Crippen molar-refractivity contribution >= 4 is 5.91 Å². The number of nitrogens with zero attached hydrogens (tertiary/aromatic N) is 4. The third-order valence-corrected chi connectivity index (χ3v) is 5.90. The fraction of sp³-hybridized carbons (Fsp3) is 0.435. The van der Waals surface area contributed by atoms with Crippen LogP contribution in [0, 0.1) is 25.2 Å². The van der Waals surface area contributed by atoms with E-state index in [1.54, 1.807) is 0 Å². The third kappa shape index (κ3) is 3.53. The first-order valence-corrected chi connectivity index (χ1v) is 10.1. The zero-order valence-electron chi connectivity index (χ0n) is 16.6. The molecule has 2 saturated heterocycles. The number of likely N-dealkylation sites (tertiary alicyclic amines) is 2. The Labute approximate surface area is 166 Å². The second-order valence-electron chi connectivity index (χ2n) is 7.96. The van der Waals surface area contributed by atoms with Crippen LogP contribution in [0.4, 0.5) is 0 Å². The van der Waals surface area contributed by atoms with Crippen molar-refractivity contribution in [3.63, 3.8) is 0 Å². The highest BCUT2D eigenvalue weighted by molar-refractivity contribution is 5.96. The fourth-order valence-corrected chi connectivity index (χ4v) is 4.30. The van der Waals surface area contributed by atoms with Crippen molar-refractivity contribution in [2.75, 3.05) is 26.2 Å². The third-order valence-electron chi connectivity index (χ3n) is 5.90. The van der Waals surface area contributed by atoms with Gasteiger partial charge in [-0.25, -0.2) is 0 Å². The Hall–Kier alpha value is -2.71. The Morgan fingerprint density at radius 1 is 1.14 bits per heavy atom. The number of carbonyl (C=O) groups is 1. The molecule has 0 spiro atoms. The Balaban J connectivity index is 1.52. The van der Waals surface area contributed by atoms with Gasteiger partial charge in [0.25, 0.3) is 5.91 Å². The lowest BCUT2D eigenvalue weighted by atomic mass is 9.98. The van der Waals surface area contributed by atoms with Crippen LogP contribution in [0.3, 0.4) is 0 Å². The molecule has 0 unspecified atom stereocenters. The van der Waals surface area contributed by atoms with Gasteiger partial charge in [-0.15, -0.1) is 0 Å². The van der Waals surface area contributed by atoms with E-state index in [4.69, 9.17) is 0 Å². The maximum absolute atomic E-state index is 12.9. The molecule has 4 rings (SSSR count). The van der Waals surface area contributed by atoms with Crippen LogP contribution in [0.2, 0.25) is 0 Å². The van der Waals surface area contributed by atoms with E-state index in [2.05, 4.69) is 16.0 Å². The molecule has 1 aromatic carbocycles. The molecule has 0 N–H and O–H groups in total. The molecule has 1 aromatic heterocycles. The summed E-state index contributed by atoms with van der Waals surface area (Å²) in [5.74, 6) is 0.0676. The highest BCUT2D eigenvalue weighted by Crippen LogP contribution is 2.27. The zero-order valence-corrected chi connectivity index (χ0v) is 16.6. The zero-order chi connectivity index (χ0) is 19.7. The lowest BCUT2D eigenvalue weighted by Crippen LogP contribution is -2.61. The van der Waals surface area contributed by atoms with Crippen molar-refractivity contribution in [3.05, 3.63) is 52.7 Å². The van der Waals surface area contributed by atoms with Crippen molar-refractivity contribution in [2.45, 2.75) is 39.2 Å². The van der Waals surface area contributed by atoms with E-state index in [9.17, 15) is 10.1 Å². The van der Waals surface area contributed by atoms with Crippen LogP contribution in [-0.2, 0) is 0 Å². The number of nitriles is 1. The first kappa shape index (κ1) is 18.6. The number of aryl methyl sites for hydroxylation is 2. The van der Waals surface area contributed by atoms with Gasteiger partial charge in [0.05, 0.1) is 11.3 Å². The summed E-state index contributed by atoms with van der Waals surface area (Å²) in [6, 6.07) is 12.2. The summed E-state index contributed by atoms with van der Waals surface area (Å²) in [6.45, 7) is 7.80. The molecule has 2 aromatic rings. The number of aromatic nitrogens is 1. The van der Waals surface area contributed by atoms with E-state index in [-0.39, 0.29) is 5.91 Å². The van der Waals surface area contributed by atoms with Crippen molar-refractivity contribution in [3.8, 4) is 17.3 Å². The highest BCUT2D eigenvalue weighted by atomic mass is 16.2. The van der Waals surface area contributed by atoms with Gasteiger partial charge in [-0.3, -0.25) is 14.7 Å². The molecule has 3 heterocycles. The van der Waals surface area contributed by atoms with Crippen LogP contribution >= 0.6 is 0 Å². The summed E-state index contributed by atoms with van der Waals surface area (Å²) in [5.41, 5.74) is 4.50. The molecule has 144 valence electrons. The Bertz CT molecular complexity index is 934. The number of benzene rings is 1. The molecular weight excluding hydrogens is 348 g/mol. The first-order valence-electron chi connectivity index (χ1n) is 10.1. The molecule has 0 bridgehead atoms. The monoisotopic (exact) mass is 374 g/mol. The summed E-state index contributed by atoms with van der Waals surface area (Å²) >= 11 is 0. The maximum Gasteiger partial charge on any atom is 0.253 e. The summed E-state index contributed by atoms with van der Waals surface area (Å²) < 4.78 is 0. The van der Waals surface area contributed by atoms with Crippen molar-refractivity contribution in [1.29, 1.82) is 5.26 Å². The van der Waals surface area contributed by atoms with Crippen molar-refractivity contribution in [2.24, 2.45) is 0 Å². The van der Waals surface area contributed by atoms with E-state index in [1.165, 1.54) is 19.3 Å². The molecule has 0 aliphatic carbocycles. The Morgan fingerprint density at radius 2 is 1.89 bits per heavy atom. The quantitative estimate of drug-likeness (QED) is 0.824. The molecule has 1 amide bonds. The second kappa shape index (κ2) is 7.73. The van der Waals surface area contributed by atoms with Gasteiger partial charge in [0.15, 0.2) is 0 Å². The van der Waals surface area contributed by atoms with E-state index in [0.29, 0.717) is 22.9 Å². The molecule has 0 saturated carbocycles. The number of rotatable bonds is 3. The average molecular weight is 374 g/mol. The van der Waals surface area contributed by atoms with Crippen LogP contribution in [0.1, 0.15) is 46.4 Å². The first-order chi connectivity index (χ1) is 13.6. The summed E-state index contributed by atoms with van der Waals surface area (Å²) in [7, 11) is 0. The maximum atomic E-state index is 12.9. The summed E-state index contributed by atoms with van der Waals surface area (Å²) in [6.07, 6.45) is 3.88. The average Bonchev–Trinajstić information content (AvgIpc) is 2.67. The van der Waals surface area contributed by atoms with Gasteiger partial charge in [-0.05, 0) is 63.5 Å². The van der Waals surface area contributed by atoms with E-state index >= 15 is 0 Å². The van der Waals surface area contributed by atoms with Gasteiger partial charge in [-0.2, -0.15) is 5.26 Å². The van der Waals surface area contributed by atoms with Gasteiger partial charge in [0.2, 0.25) is 0 Å². The van der Waals surface area contributed by atoms with E-state index in [0.717, 1.165) is 43.0 Å². The van der Waals surface area contributed by atoms with Crippen LogP contribution in [0.25, 0.3) is 11.3 Å². The SMILES string of the molecule is Cc1cc(C)c(C#N)c(-c2cccc(C(=O)N3CC(N4CCCCC4)C3)c2)n1. The number of hydrogen-bond acceptors (Lipinski definition) is 4. The predicted molar refractivity (Wildman–Crippen MR) is 109 cm³/mol. The van der Waals surface area contributed by atoms with Crippen molar-refractivity contribution in [1.82, 2.24) is 14.8 Å². The molecule has 0 atom stereocenters. The summed E-state index contributed by atoms with van der Waals surface area (Å²) in [5, 5.41) is 9.55. The minimum atomic E-state index is 0.0676. The normalized spacial score (nSPS) is 17.8. The fourth-order valence-electron chi connectivity index (χ4n) is 4.30. The topological polar surface area (TPSA) is 60.2 Å². The molecular formula is C23H26N4O. The minimum absolute atomic E-state index is 0.0676. The van der Waals surface area contributed by atoms with Gasteiger partial charge >= 0.3 is 0 Å². The van der Waals surface area contributed by atoms with Gasteiger partial charge in [0.1, 0.15) is 6.07 Å². The van der Waals surface area contributed by atoms with Crippen LogP contribution in [0.15, 0.2) is 30.3 Å². The van der Waals surface area contributed by atoms with Crippen LogP contribution in [0.5, 0.6) is 0 Å². The molecule has 2 aliphatic heterocycles. The Morgan fingerprint density at radius 3 is 2.61 bits per heavy atom. The molecule has 5 heteroatoms. The highest BCUT2D eigenvalue weighted by Gasteiger charge is 2.35. The molecule has 0 radical (unpaired) electrons. The minimum Gasteiger partial charge on any atom is -0.335 e. The van der Waals surface area contributed by atoms with Gasteiger partial charge < -0.3 is 4.90 Å². The van der Waals surface area contributed by atoms with E-state index in [1.807, 2.05) is 49.1 Å². The smallest absolute Gasteiger partial charge is 0.253 e. The molecule has 5 nitrogen and oxygen atoms in total. The Kier molecular flexibility index (Phi) is 5.15. The van der Waals surface area contributed by atoms with E-state index < -0.39 is 0 Å². The van der Waals surface area contributed by atoms with Gasteiger partial charge in [-0.1, -0.05) is 18.6 Å². The molecule has 28 heavy (non-hydrogen) atoms.